The fourth-order valence-corrected chi connectivity index (χ4v) is 5.58. The van der Waals surface area contributed by atoms with Crippen molar-refractivity contribution in [1.29, 1.82) is 0 Å². The number of nitrogens with zero attached hydrogens (tertiary/aromatic N) is 3. The fraction of sp³-hybridized carbons (Fsp3) is 0.310. The number of aliphatic hydroxyl groups excluding tert-OH is 3. The van der Waals surface area contributed by atoms with Crippen LogP contribution in [0, 0.1) is 13.8 Å². The molecule has 10 heteroatoms. The summed E-state index contributed by atoms with van der Waals surface area (Å²) in [5.74, 6) is 0.302. The average molecular weight is 568 g/mol. The Hall–Kier alpha value is -2.98. The summed E-state index contributed by atoms with van der Waals surface area (Å²) in [6.45, 7) is 4.12. The van der Waals surface area contributed by atoms with Crippen LogP contribution in [0.2, 0.25) is 10.0 Å². The zero-order valence-electron chi connectivity index (χ0n) is 21.3. The molecule has 1 fully saturated rings. The van der Waals surface area contributed by atoms with E-state index in [1.807, 2.05) is 43.6 Å². The van der Waals surface area contributed by atoms with Gasteiger partial charge in [0.25, 0.3) is 0 Å². The number of pyridine rings is 1. The van der Waals surface area contributed by atoms with E-state index in [4.69, 9.17) is 32.7 Å². The Labute approximate surface area is 235 Å². The molecule has 4 heterocycles. The van der Waals surface area contributed by atoms with Gasteiger partial charge in [-0.3, -0.25) is 4.98 Å². The number of halogens is 2. The summed E-state index contributed by atoms with van der Waals surface area (Å²) in [6, 6.07) is 12.9. The van der Waals surface area contributed by atoms with E-state index in [0.29, 0.717) is 22.5 Å². The first-order chi connectivity index (χ1) is 18.7. The molecule has 0 unspecified atom stereocenters. The van der Waals surface area contributed by atoms with Crippen molar-refractivity contribution in [3.63, 3.8) is 0 Å². The highest BCUT2D eigenvalue weighted by Gasteiger charge is 2.49. The lowest BCUT2D eigenvalue weighted by atomic mass is 9.98. The molecular weight excluding hydrogens is 541 g/mol. The molecular formula is C29H27Cl2N3O5. The van der Waals surface area contributed by atoms with Crippen LogP contribution in [0.3, 0.4) is 0 Å². The quantitative estimate of drug-likeness (QED) is 0.332. The first-order valence-corrected chi connectivity index (χ1v) is 13.4. The second-order valence-corrected chi connectivity index (χ2v) is 10.8. The molecule has 5 atom stereocenters. The summed E-state index contributed by atoms with van der Waals surface area (Å²) in [4.78, 5) is 9.00. The lowest BCUT2D eigenvalue weighted by molar-refractivity contribution is -0.234. The minimum atomic E-state index is -1.27. The highest BCUT2D eigenvalue weighted by Crippen LogP contribution is 2.35. The molecule has 0 saturated carbocycles. The summed E-state index contributed by atoms with van der Waals surface area (Å²) in [5.41, 5.74) is 6.84. The van der Waals surface area contributed by atoms with Gasteiger partial charge in [-0.1, -0.05) is 41.4 Å². The number of benzene rings is 2. The van der Waals surface area contributed by atoms with E-state index in [0.717, 1.165) is 44.4 Å². The van der Waals surface area contributed by atoms with Crippen LogP contribution >= 0.6 is 23.2 Å². The van der Waals surface area contributed by atoms with Crippen molar-refractivity contribution in [1.82, 2.24) is 9.55 Å². The van der Waals surface area contributed by atoms with Crippen molar-refractivity contribution < 1.29 is 24.8 Å². The highest BCUT2D eigenvalue weighted by atomic mass is 35.5. The predicted octanol–water partition coefficient (Wildman–Crippen LogP) is 4.26. The SMILES string of the molecule is Cc1nccc(-c2ccc3c(C4=N[C@H]5[C@@H](O4)O[C@H](CO)[C@@H](O)[C@@H]5O)cn(Cc4ccc(Cl)c(Cl)c4)c3c2)c1C. The van der Waals surface area contributed by atoms with Crippen LogP contribution in [-0.2, 0) is 16.0 Å². The van der Waals surface area contributed by atoms with Gasteiger partial charge >= 0.3 is 0 Å². The molecule has 0 amide bonds. The first kappa shape index (κ1) is 26.3. The Balaban J connectivity index is 1.46. The molecule has 202 valence electrons. The summed E-state index contributed by atoms with van der Waals surface area (Å²) >= 11 is 12.4. The van der Waals surface area contributed by atoms with E-state index in [1.165, 1.54) is 0 Å². The molecule has 8 nitrogen and oxygen atoms in total. The third-order valence-corrected chi connectivity index (χ3v) is 8.30. The molecule has 2 aromatic carbocycles. The molecule has 2 aliphatic heterocycles. The van der Waals surface area contributed by atoms with Gasteiger partial charge in [0.15, 0.2) is 0 Å². The van der Waals surface area contributed by atoms with Crippen molar-refractivity contribution >= 4 is 40.0 Å². The largest absolute Gasteiger partial charge is 0.445 e. The highest BCUT2D eigenvalue weighted by molar-refractivity contribution is 6.42. The Kier molecular flexibility index (Phi) is 6.87. The van der Waals surface area contributed by atoms with Crippen LogP contribution in [0.4, 0.5) is 0 Å². The van der Waals surface area contributed by atoms with E-state index in [-0.39, 0.29) is 0 Å². The van der Waals surface area contributed by atoms with Crippen molar-refractivity contribution in [2.45, 2.75) is 51.0 Å². The minimum Gasteiger partial charge on any atom is -0.445 e. The van der Waals surface area contributed by atoms with Gasteiger partial charge in [0, 0.05) is 35.5 Å². The average Bonchev–Trinajstić information content (AvgIpc) is 3.51. The van der Waals surface area contributed by atoms with Gasteiger partial charge < -0.3 is 29.4 Å². The standard InChI is InChI=1S/C29H27Cl2N3O5/c1-14-15(2)32-8-7-18(14)17-4-5-19-20(28-33-25-27(37)26(36)24(13-35)38-29(25)39-28)12-34(23(19)10-17)11-16-3-6-21(30)22(31)9-16/h3-10,12,24-27,29,35-37H,11,13H2,1-2H3/t24-,25-,26-,27-,29-/m1/s1. The van der Waals surface area contributed by atoms with Gasteiger partial charge in [-0.15, -0.1) is 0 Å². The number of ether oxygens (including phenoxy) is 2. The molecule has 3 N–H and O–H groups in total. The predicted molar refractivity (Wildman–Crippen MR) is 149 cm³/mol. The van der Waals surface area contributed by atoms with Crippen LogP contribution in [0.5, 0.6) is 0 Å². The molecule has 0 bridgehead atoms. The van der Waals surface area contributed by atoms with Crippen molar-refractivity contribution in [3.05, 3.63) is 87.3 Å². The lowest BCUT2D eigenvalue weighted by Crippen LogP contribution is -2.56. The van der Waals surface area contributed by atoms with Crippen molar-refractivity contribution in [3.8, 4) is 11.1 Å². The van der Waals surface area contributed by atoms with Crippen LogP contribution in [-0.4, -0.2) is 68.0 Å². The molecule has 0 aliphatic carbocycles. The number of hydrogen-bond acceptors (Lipinski definition) is 7. The van der Waals surface area contributed by atoms with E-state index >= 15 is 0 Å². The number of rotatable bonds is 5. The molecule has 6 rings (SSSR count). The zero-order valence-corrected chi connectivity index (χ0v) is 22.8. The second-order valence-electron chi connectivity index (χ2n) is 9.97. The lowest BCUT2D eigenvalue weighted by Gasteiger charge is -2.36. The zero-order chi connectivity index (χ0) is 27.4. The van der Waals surface area contributed by atoms with Crippen molar-refractivity contribution in [2.75, 3.05) is 6.61 Å². The van der Waals surface area contributed by atoms with Crippen LogP contribution in [0.1, 0.15) is 22.4 Å². The monoisotopic (exact) mass is 567 g/mol. The van der Waals surface area contributed by atoms with Crippen molar-refractivity contribution in [2.24, 2.45) is 4.99 Å². The molecule has 0 radical (unpaired) electrons. The van der Waals surface area contributed by atoms with Gasteiger partial charge in [0.05, 0.1) is 22.2 Å². The van der Waals surface area contributed by atoms with Gasteiger partial charge in [-0.2, -0.15) is 0 Å². The number of fused-ring (bicyclic) bond motifs is 2. The van der Waals surface area contributed by atoms with Crippen LogP contribution < -0.4 is 0 Å². The van der Waals surface area contributed by atoms with Gasteiger partial charge in [0.2, 0.25) is 12.2 Å². The smallest absolute Gasteiger partial charge is 0.227 e. The summed E-state index contributed by atoms with van der Waals surface area (Å²) in [5, 5.41) is 32.3. The van der Waals surface area contributed by atoms with E-state index in [1.54, 1.807) is 6.07 Å². The fourth-order valence-electron chi connectivity index (χ4n) is 5.26. The topological polar surface area (TPSA) is 109 Å². The van der Waals surface area contributed by atoms with E-state index < -0.39 is 37.3 Å². The maximum Gasteiger partial charge on any atom is 0.227 e. The van der Waals surface area contributed by atoms with Gasteiger partial charge in [-0.25, -0.2) is 4.99 Å². The minimum absolute atomic E-state index is 0.302. The van der Waals surface area contributed by atoms with E-state index in [2.05, 4.69) is 33.6 Å². The molecule has 4 aromatic rings. The number of aliphatic hydroxyl groups is 3. The third-order valence-electron chi connectivity index (χ3n) is 7.56. The maximum absolute atomic E-state index is 10.6. The van der Waals surface area contributed by atoms with Gasteiger partial charge in [-0.05, 0) is 60.4 Å². The van der Waals surface area contributed by atoms with Crippen LogP contribution in [0.15, 0.2) is 59.9 Å². The third kappa shape index (κ3) is 4.61. The number of hydrogen-bond donors (Lipinski definition) is 3. The van der Waals surface area contributed by atoms with Gasteiger partial charge in [0.1, 0.15) is 24.4 Å². The molecule has 39 heavy (non-hydrogen) atoms. The molecule has 0 spiro atoms. The Morgan fingerprint density at radius 2 is 1.79 bits per heavy atom. The molecule has 2 aliphatic rings. The Morgan fingerprint density at radius 1 is 0.974 bits per heavy atom. The number of aromatic nitrogens is 2. The first-order valence-electron chi connectivity index (χ1n) is 12.6. The summed E-state index contributed by atoms with van der Waals surface area (Å²) in [6.07, 6.45) is -0.609. The second kappa shape index (κ2) is 10.2. The maximum atomic E-state index is 10.6. The number of aryl methyl sites for hydroxylation is 1. The number of aliphatic imine (C=N–C) groups is 1. The Morgan fingerprint density at radius 3 is 2.56 bits per heavy atom. The summed E-state index contributed by atoms with van der Waals surface area (Å²) in [7, 11) is 0. The summed E-state index contributed by atoms with van der Waals surface area (Å²) < 4.78 is 13.8. The Bertz CT molecular complexity index is 1600. The van der Waals surface area contributed by atoms with Crippen LogP contribution in [0.25, 0.3) is 22.0 Å². The molecule has 1 saturated heterocycles. The molecule has 2 aromatic heterocycles. The van der Waals surface area contributed by atoms with E-state index in [9.17, 15) is 15.3 Å². The normalized spacial score (nSPS) is 24.5.